The van der Waals surface area contributed by atoms with E-state index in [1.807, 2.05) is 22.9 Å². The first-order valence-corrected chi connectivity index (χ1v) is 5.00. The van der Waals surface area contributed by atoms with Crippen molar-refractivity contribution in [3.8, 4) is 0 Å². The van der Waals surface area contributed by atoms with Gasteiger partial charge < -0.3 is 5.11 Å². The van der Waals surface area contributed by atoms with Crippen LogP contribution in [0.3, 0.4) is 0 Å². The van der Waals surface area contributed by atoms with Crippen LogP contribution in [0.4, 0.5) is 4.79 Å². The molecule has 0 radical (unpaired) electrons. The van der Waals surface area contributed by atoms with Crippen LogP contribution in [-0.4, -0.2) is 23.4 Å². The van der Waals surface area contributed by atoms with Crippen molar-refractivity contribution in [1.82, 2.24) is 0 Å². The molecule has 0 aliphatic rings. The van der Waals surface area contributed by atoms with Gasteiger partial charge >= 0.3 is 15.4 Å². The Kier molecular flexibility index (Phi) is 4.49. The van der Waals surface area contributed by atoms with E-state index in [0.29, 0.717) is 0 Å². The summed E-state index contributed by atoms with van der Waals surface area (Å²) in [7, 11) is -4.82. The van der Waals surface area contributed by atoms with Gasteiger partial charge in [-0.15, -0.1) is 0 Å². The minimum absolute atomic E-state index is 1.71. The molecule has 68 valence electrons. The van der Waals surface area contributed by atoms with Gasteiger partial charge in [0, 0.05) is 0 Å². The van der Waals surface area contributed by atoms with E-state index in [1.54, 1.807) is 11.3 Å². The fourth-order valence-electron chi connectivity index (χ4n) is 0.227. The second kappa shape index (κ2) is 4.86. The van der Waals surface area contributed by atoms with Gasteiger partial charge in [-0.25, -0.2) is 4.79 Å². The SMILES string of the molecule is O=C(O)S(=O)(=O)O.c1ccsc1. The largest absolute Gasteiger partial charge is 0.468 e. The van der Waals surface area contributed by atoms with Crippen LogP contribution in [-0.2, 0) is 10.1 Å². The highest BCUT2D eigenvalue weighted by atomic mass is 32.2. The molecule has 0 amide bonds. The quantitative estimate of drug-likeness (QED) is 0.630. The molecule has 0 bridgehead atoms. The van der Waals surface area contributed by atoms with Crippen LogP contribution in [0.1, 0.15) is 0 Å². The van der Waals surface area contributed by atoms with Crippen molar-refractivity contribution in [2.75, 3.05) is 0 Å². The van der Waals surface area contributed by atoms with E-state index in [2.05, 4.69) is 0 Å². The Morgan fingerprint density at radius 3 is 1.67 bits per heavy atom. The molecule has 0 aromatic carbocycles. The van der Waals surface area contributed by atoms with E-state index in [9.17, 15) is 13.2 Å². The molecule has 0 aliphatic heterocycles. The summed E-state index contributed by atoms with van der Waals surface area (Å²) in [4.78, 5) is 9.18. The molecular weight excluding hydrogens is 204 g/mol. The minimum Gasteiger partial charge on any atom is -0.468 e. The summed E-state index contributed by atoms with van der Waals surface area (Å²) in [5, 5.41) is 9.27. The zero-order chi connectivity index (χ0) is 9.61. The van der Waals surface area contributed by atoms with Gasteiger partial charge in [-0.1, -0.05) is 12.1 Å². The van der Waals surface area contributed by atoms with Crippen molar-refractivity contribution in [3.63, 3.8) is 0 Å². The summed E-state index contributed by atoms with van der Waals surface area (Å²) < 4.78 is 26.0. The Bertz CT molecular complexity index is 294. The summed E-state index contributed by atoms with van der Waals surface area (Å²) in [6.07, 6.45) is 0. The Morgan fingerprint density at radius 2 is 1.58 bits per heavy atom. The van der Waals surface area contributed by atoms with Crippen molar-refractivity contribution < 1.29 is 22.9 Å². The second-order valence-electron chi connectivity index (χ2n) is 1.53. The fourth-order valence-corrected chi connectivity index (χ4v) is 0.680. The van der Waals surface area contributed by atoms with E-state index >= 15 is 0 Å². The van der Waals surface area contributed by atoms with Crippen molar-refractivity contribution in [2.45, 2.75) is 0 Å². The molecule has 0 unspecified atom stereocenters. The summed E-state index contributed by atoms with van der Waals surface area (Å²) in [6, 6.07) is 4.04. The molecule has 1 heterocycles. The molecule has 0 spiro atoms. The number of thiophene rings is 1. The van der Waals surface area contributed by atoms with Crippen LogP contribution in [0.15, 0.2) is 22.9 Å². The highest BCUT2D eigenvalue weighted by Crippen LogP contribution is 1.91. The first kappa shape index (κ1) is 11.1. The average molecular weight is 210 g/mol. The third-order valence-corrected chi connectivity index (χ3v) is 1.72. The molecule has 0 atom stereocenters. The standard InChI is InChI=1S/C4H4S.CH2O5S/c1-2-4-5-3-1;2-1(3)7(4,5)6/h1-4H;(H,2,3)(H,4,5,6). The van der Waals surface area contributed by atoms with Gasteiger partial charge in [-0.05, 0) is 10.8 Å². The Balaban J connectivity index is 0.000000211. The van der Waals surface area contributed by atoms with E-state index in [4.69, 9.17) is 9.66 Å². The van der Waals surface area contributed by atoms with Gasteiger partial charge in [0.25, 0.3) is 0 Å². The third kappa shape index (κ3) is 5.83. The van der Waals surface area contributed by atoms with Gasteiger partial charge in [0.2, 0.25) is 0 Å². The second-order valence-corrected chi connectivity index (χ2v) is 3.65. The van der Waals surface area contributed by atoms with E-state index in [-0.39, 0.29) is 0 Å². The zero-order valence-electron chi connectivity index (χ0n) is 5.75. The van der Waals surface area contributed by atoms with Crippen molar-refractivity contribution in [2.24, 2.45) is 0 Å². The lowest BCUT2D eigenvalue weighted by molar-refractivity contribution is 0.216. The summed E-state index contributed by atoms with van der Waals surface area (Å²) >= 11 is 1.71. The van der Waals surface area contributed by atoms with E-state index < -0.39 is 15.4 Å². The molecule has 0 aliphatic carbocycles. The van der Waals surface area contributed by atoms with Crippen molar-refractivity contribution >= 4 is 26.8 Å². The molecule has 5 nitrogen and oxygen atoms in total. The predicted octanol–water partition coefficient (Wildman–Crippen LogP) is 1.30. The normalized spacial score (nSPS) is 9.75. The topological polar surface area (TPSA) is 91.7 Å². The summed E-state index contributed by atoms with van der Waals surface area (Å²) in [5.74, 6) is 0. The minimum atomic E-state index is -4.82. The van der Waals surface area contributed by atoms with Crippen molar-refractivity contribution in [3.05, 3.63) is 22.9 Å². The Hall–Kier alpha value is -0.920. The number of hydrogen-bond acceptors (Lipinski definition) is 4. The van der Waals surface area contributed by atoms with Crippen molar-refractivity contribution in [1.29, 1.82) is 0 Å². The van der Waals surface area contributed by atoms with Crippen LogP contribution in [0, 0.1) is 0 Å². The van der Waals surface area contributed by atoms with Gasteiger partial charge in [0.1, 0.15) is 0 Å². The number of hydrogen-bond donors (Lipinski definition) is 2. The maximum Gasteiger partial charge on any atom is 0.449 e. The molecular formula is C5H6O5S2. The Labute approximate surface area is 73.0 Å². The smallest absolute Gasteiger partial charge is 0.449 e. The molecule has 0 saturated carbocycles. The zero-order valence-corrected chi connectivity index (χ0v) is 7.38. The summed E-state index contributed by atoms with van der Waals surface area (Å²) in [6.45, 7) is 0. The van der Waals surface area contributed by atoms with Crippen LogP contribution >= 0.6 is 11.3 Å². The first-order chi connectivity index (χ1) is 5.44. The van der Waals surface area contributed by atoms with Crippen LogP contribution in [0.5, 0.6) is 0 Å². The lowest BCUT2D eigenvalue weighted by Gasteiger charge is -1.78. The van der Waals surface area contributed by atoms with Crippen LogP contribution in [0.2, 0.25) is 0 Å². The molecule has 1 aromatic rings. The van der Waals surface area contributed by atoms with Crippen LogP contribution in [0.25, 0.3) is 0 Å². The number of carbonyl (C=O) groups is 1. The van der Waals surface area contributed by atoms with Crippen LogP contribution < -0.4 is 0 Å². The predicted molar refractivity (Wildman–Crippen MR) is 43.9 cm³/mol. The average Bonchev–Trinajstić information content (AvgIpc) is 2.39. The molecule has 12 heavy (non-hydrogen) atoms. The van der Waals surface area contributed by atoms with Gasteiger partial charge in [0.15, 0.2) is 0 Å². The molecule has 1 rings (SSSR count). The van der Waals surface area contributed by atoms with Gasteiger partial charge in [0.05, 0.1) is 0 Å². The number of carboxylic acid groups (broad SMARTS) is 1. The van der Waals surface area contributed by atoms with E-state index in [1.165, 1.54) is 0 Å². The lowest BCUT2D eigenvalue weighted by atomic mass is 10.7. The lowest BCUT2D eigenvalue weighted by Crippen LogP contribution is -2.08. The third-order valence-electron chi connectivity index (χ3n) is 0.646. The Morgan fingerprint density at radius 1 is 1.25 bits per heavy atom. The molecule has 0 fully saturated rings. The maximum absolute atomic E-state index is 9.29. The molecule has 0 saturated heterocycles. The van der Waals surface area contributed by atoms with E-state index in [0.717, 1.165) is 0 Å². The number of rotatable bonds is 0. The molecule has 1 aromatic heterocycles. The first-order valence-electron chi connectivity index (χ1n) is 2.62. The maximum atomic E-state index is 9.29. The highest BCUT2D eigenvalue weighted by Gasteiger charge is 2.14. The molecule has 2 N–H and O–H groups in total. The molecule has 7 heteroatoms. The monoisotopic (exact) mass is 210 g/mol. The summed E-state index contributed by atoms with van der Waals surface area (Å²) in [5.41, 5.74) is 0. The van der Waals surface area contributed by atoms with Gasteiger partial charge in [-0.3, -0.25) is 4.55 Å². The fraction of sp³-hybridized carbons (Fsp3) is 0. The highest BCUT2D eigenvalue weighted by molar-refractivity contribution is 8.00. The van der Waals surface area contributed by atoms with Gasteiger partial charge in [-0.2, -0.15) is 19.8 Å².